The minimum Gasteiger partial charge on any atom is -0.481 e. The van der Waals surface area contributed by atoms with Crippen molar-refractivity contribution in [3.05, 3.63) is 54.1 Å². The third kappa shape index (κ3) is 10.9. The molecule has 1 aromatic carbocycles. The van der Waals surface area contributed by atoms with Crippen molar-refractivity contribution < 1.29 is 39.0 Å². The summed E-state index contributed by atoms with van der Waals surface area (Å²) in [5.41, 5.74) is 12.1. The number of H-pyrrole nitrogens is 1. The van der Waals surface area contributed by atoms with Crippen LogP contribution in [0.3, 0.4) is 0 Å². The van der Waals surface area contributed by atoms with Gasteiger partial charge in [0.15, 0.2) is 0 Å². The molecule has 216 valence electrons. The standard InChI is InChI=1S/C25H33N7O8/c26-16(6-9-21(34)35)22(36)31-18(11-15-12-28-13-29-15)24(38)30-17(7-8-20(27)33)23(37)32-19(25(39)40)10-14-4-2-1-3-5-14/h1-5,12-13,16-19H,6-11,26H2,(H2,27,33)(H,28,29)(H,30,38)(H,31,36)(H,32,37)(H,34,35)(H,39,40). The Morgan fingerprint density at radius 1 is 0.825 bits per heavy atom. The van der Waals surface area contributed by atoms with Gasteiger partial charge in [-0.25, -0.2) is 9.78 Å². The highest BCUT2D eigenvalue weighted by Gasteiger charge is 2.31. The molecule has 40 heavy (non-hydrogen) atoms. The lowest BCUT2D eigenvalue weighted by atomic mass is 10.0. The van der Waals surface area contributed by atoms with Gasteiger partial charge in [-0.2, -0.15) is 0 Å². The number of nitrogens with two attached hydrogens (primary N) is 2. The minimum absolute atomic E-state index is 0.0366. The van der Waals surface area contributed by atoms with Crippen molar-refractivity contribution in [3.63, 3.8) is 0 Å². The first-order valence-corrected chi connectivity index (χ1v) is 12.4. The Hall–Kier alpha value is -4.79. The number of hydrogen-bond acceptors (Lipinski definition) is 8. The van der Waals surface area contributed by atoms with Crippen LogP contribution in [0, 0.1) is 0 Å². The first-order chi connectivity index (χ1) is 19.0. The summed E-state index contributed by atoms with van der Waals surface area (Å²) in [6, 6.07) is 3.35. The first-order valence-electron chi connectivity index (χ1n) is 12.4. The largest absolute Gasteiger partial charge is 0.481 e. The number of benzene rings is 1. The van der Waals surface area contributed by atoms with Crippen molar-refractivity contribution >= 4 is 35.6 Å². The van der Waals surface area contributed by atoms with Crippen LogP contribution in [0.2, 0.25) is 0 Å². The number of carboxylic acids is 2. The van der Waals surface area contributed by atoms with E-state index in [1.807, 2.05) is 0 Å². The van der Waals surface area contributed by atoms with Crippen LogP contribution in [0.5, 0.6) is 0 Å². The molecule has 15 heteroatoms. The molecule has 0 aliphatic heterocycles. The second-order valence-corrected chi connectivity index (χ2v) is 9.04. The summed E-state index contributed by atoms with van der Waals surface area (Å²) in [5.74, 6) is -5.72. The van der Waals surface area contributed by atoms with Gasteiger partial charge in [0.2, 0.25) is 23.6 Å². The summed E-state index contributed by atoms with van der Waals surface area (Å²) in [4.78, 5) is 79.7. The maximum absolute atomic E-state index is 13.3. The van der Waals surface area contributed by atoms with E-state index in [9.17, 15) is 33.9 Å². The number of hydrogen-bond donors (Lipinski definition) is 8. The second-order valence-electron chi connectivity index (χ2n) is 9.04. The fraction of sp³-hybridized carbons (Fsp3) is 0.400. The highest BCUT2D eigenvalue weighted by molar-refractivity contribution is 5.94. The molecule has 1 heterocycles. The van der Waals surface area contributed by atoms with Gasteiger partial charge in [-0.15, -0.1) is 0 Å². The molecule has 1 aromatic heterocycles. The van der Waals surface area contributed by atoms with Crippen LogP contribution in [0.25, 0.3) is 0 Å². The van der Waals surface area contributed by atoms with Crippen LogP contribution in [0.1, 0.15) is 36.9 Å². The maximum Gasteiger partial charge on any atom is 0.326 e. The molecule has 4 unspecified atom stereocenters. The third-order valence-corrected chi connectivity index (χ3v) is 5.83. The van der Waals surface area contributed by atoms with E-state index < -0.39 is 59.7 Å². The van der Waals surface area contributed by atoms with Gasteiger partial charge in [0.25, 0.3) is 0 Å². The maximum atomic E-state index is 13.3. The molecule has 4 amide bonds. The van der Waals surface area contributed by atoms with E-state index in [4.69, 9.17) is 16.6 Å². The molecule has 2 aromatic rings. The van der Waals surface area contributed by atoms with Crippen molar-refractivity contribution in [1.82, 2.24) is 25.9 Å². The SMILES string of the molecule is NC(=O)CCC(NC(=O)C(Cc1cnc[nH]1)NC(=O)C(N)CCC(=O)O)C(=O)NC(Cc1ccccc1)C(=O)O. The Balaban J connectivity index is 2.19. The van der Waals surface area contributed by atoms with E-state index in [2.05, 4.69) is 25.9 Å². The zero-order valence-corrected chi connectivity index (χ0v) is 21.5. The third-order valence-electron chi connectivity index (χ3n) is 5.83. The van der Waals surface area contributed by atoms with Gasteiger partial charge >= 0.3 is 11.9 Å². The summed E-state index contributed by atoms with van der Waals surface area (Å²) < 4.78 is 0. The number of aliphatic carboxylic acids is 2. The number of primary amides is 1. The number of carboxylic acid groups (broad SMARTS) is 2. The second kappa shape index (κ2) is 15.6. The van der Waals surface area contributed by atoms with Crippen molar-refractivity contribution in [3.8, 4) is 0 Å². The van der Waals surface area contributed by atoms with Crippen LogP contribution in [0.15, 0.2) is 42.9 Å². The number of aromatic nitrogens is 2. The predicted molar refractivity (Wildman–Crippen MR) is 139 cm³/mol. The predicted octanol–water partition coefficient (Wildman–Crippen LogP) is -1.81. The average molecular weight is 560 g/mol. The number of carbonyl (C=O) groups is 6. The van der Waals surface area contributed by atoms with E-state index in [0.29, 0.717) is 11.3 Å². The molecule has 0 aliphatic rings. The minimum atomic E-state index is -1.38. The van der Waals surface area contributed by atoms with Gasteiger partial charge in [-0.1, -0.05) is 30.3 Å². The smallest absolute Gasteiger partial charge is 0.326 e. The van der Waals surface area contributed by atoms with Gasteiger partial charge in [-0.05, 0) is 18.4 Å². The summed E-state index contributed by atoms with van der Waals surface area (Å²) >= 11 is 0. The number of nitrogens with one attached hydrogen (secondary N) is 4. The van der Waals surface area contributed by atoms with Crippen molar-refractivity contribution in [2.24, 2.45) is 11.5 Å². The van der Waals surface area contributed by atoms with E-state index >= 15 is 0 Å². The van der Waals surface area contributed by atoms with E-state index in [1.165, 1.54) is 12.5 Å². The Labute approximate surface area is 229 Å². The number of aromatic amines is 1. The van der Waals surface area contributed by atoms with Crippen molar-refractivity contribution in [1.29, 1.82) is 0 Å². The lowest BCUT2D eigenvalue weighted by Gasteiger charge is -2.25. The van der Waals surface area contributed by atoms with E-state index in [1.54, 1.807) is 30.3 Å². The molecule has 0 fully saturated rings. The fourth-order valence-corrected chi connectivity index (χ4v) is 3.66. The van der Waals surface area contributed by atoms with E-state index in [0.717, 1.165) is 0 Å². The Kier molecular flexibility index (Phi) is 12.2. The van der Waals surface area contributed by atoms with E-state index in [-0.39, 0.29) is 38.5 Å². The Morgan fingerprint density at radius 2 is 1.45 bits per heavy atom. The first kappa shape index (κ1) is 31.4. The van der Waals surface area contributed by atoms with Gasteiger partial charge in [0, 0.05) is 37.6 Å². The normalized spacial score (nSPS) is 13.7. The monoisotopic (exact) mass is 559 g/mol. The average Bonchev–Trinajstić information content (AvgIpc) is 3.42. The van der Waals surface area contributed by atoms with Crippen molar-refractivity contribution in [2.45, 2.75) is 62.7 Å². The molecular formula is C25H33N7O8. The molecule has 0 spiro atoms. The van der Waals surface area contributed by atoms with Crippen molar-refractivity contribution in [2.75, 3.05) is 0 Å². The Bertz CT molecular complexity index is 1170. The summed E-state index contributed by atoms with van der Waals surface area (Å²) in [6.07, 6.45) is 1.54. The van der Waals surface area contributed by atoms with Gasteiger partial charge in [-0.3, -0.25) is 24.0 Å². The zero-order chi connectivity index (χ0) is 29.7. The van der Waals surface area contributed by atoms with Gasteiger partial charge in [0.05, 0.1) is 12.4 Å². The lowest BCUT2D eigenvalue weighted by Crippen LogP contribution is -2.58. The summed E-state index contributed by atoms with van der Waals surface area (Å²) in [7, 11) is 0. The number of imidazole rings is 1. The molecule has 0 saturated heterocycles. The Morgan fingerprint density at radius 3 is 2.02 bits per heavy atom. The highest BCUT2D eigenvalue weighted by atomic mass is 16.4. The quantitative estimate of drug-likeness (QED) is 0.108. The molecule has 0 aliphatic carbocycles. The van der Waals surface area contributed by atoms with Crippen LogP contribution in [-0.2, 0) is 41.6 Å². The van der Waals surface area contributed by atoms with Gasteiger partial charge in [0.1, 0.15) is 18.1 Å². The molecule has 0 saturated carbocycles. The molecular weight excluding hydrogens is 526 g/mol. The van der Waals surface area contributed by atoms with Crippen LogP contribution < -0.4 is 27.4 Å². The van der Waals surface area contributed by atoms with Crippen LogP contribution >= 0.6 is 0 Å². The summed E-state index contributed by atoms with van der Waals surface area (Å²) in [5, 5.41) is 25.8. The molecule has 2 rings (SSSR count). The topological polar surface area (TPSA) is 260 Å². The van der Waals surface area contributed by atoms with Crippen LogP contribution in [-0.4, -0.2) is 79.9 Å². The number of carbonyl (C=O) groups excluding carboxylic acids is 4. The molecule has 10 N–H and O–H groups in total. The molecule has 0 bridgehead atoms. The lowest BCUT2D eigenvalue weighted by molar-refractivity contribution is -0.142. The number of amides is 4. The summed E-state index contributed by atoms with van der Waals surface area (Å²) in [6.45, 7) is 0. The zero-order valence-electron chi connectivity index (χ0n) is 21.5. The number of rotatable bonds is 17. The fourth-order valence-electron chi connectivity index (χ4n) is 3.66. The van der Waals surface area contributed by atoms with Crippen LogP contribution in [0.4, 0.5) is 0 Å². The van der Waals surface area contributed by atoms with Gasteiger partial charge < -0.3 is 42.6 Å². The number of nitrogens with zero attached hydrogens (tertiary/aromatic N) is 1. The molecule has 15 nitrogen and oxygen atoms in total. The molecule has 0 radical (unpaired) electrons. The highest BCUT2D eigenvalue weighted by Crippen LogP contribution is 2.07. The molecule has 4 atom stereocenters.